The predicted octanol–water partition coefficient (Wildman–Crippen LogP) is 3.20. The Morgan fingerprint density at radius 1 is 1.21 bits per heavy atom. The van der Waals surface area contributed by atoms with Crippen LogP contribution in [-0.4, -0.2) is 39.0 Å². The lowest BCUT2D eigenvalue weighted by molar-refractivity contribution is -0.132. The van der Waals surface area contributed by atoms with Gasteiger partial charge in [0.05, 0.1) is 32.0 Å². The number of carbonyl (C=O) groups excluding carboxylic acids is 1. The quantitative estimate of drug-likeness (QED) is 0.703. The highest BCUT2D eigenvalue weighted by Gasteiger charge is 2.44. The Morgan fingerprint density at radius 2 is 2.11 bits per heavy atom. The molecule has 1 spiro atoms. The molecule has 2 aliphatic heterocycles. The smallest absolute Gasteiger partial charge is 0.227 e. The third kappa shape index (κ3) is 2.94. The van der Waals surface area contributed by atoms with Crippen LogP contribution >= 0.6 is 0 Å². The molecule has 1 saturated heterocycles. The first kappa shape index (κ1) is 17.3. The van der Waals surface area contributed by atoms with Gasteiger partial charge < -0.3 is 18.6 Å². The van der Waals surface area contributed by atoms with Crippen molar-refractivity contribution in [3.8, 4) is 11.5 Å². The van der Waals surface area contributed by atoms with Crippen LogP contribution in [0.25, 0.3) is 11.5 Å². The number of imidazole rings is 1. The molecule has 0 aliphatic carbocycles. The van der Waals surface area contributed by atoms with Crippen molar-refractivity contribution in [1.82, 2.24) is 14.5 Å². The third-order valence-corrected chi connectivity index (χ3v) is 5.94. The molecule has 1 unspecified atom stereocenters. The number of aromatic nitrogens is 2. The minimum atomic E-state index is -0.351. The van der Waals surface area contributed by atoms with E-state index in [9.17, 15) is 4.79 Å². The summed E-state index contributed by atoms with van der Waals surface area (Å²) in [7, 11) is 0. The van der Waals surface area contributed by atoms with Gasteiger partial charge >= 0.3 is 0 Å². The zero-order valence-corrected chi connectivity index (χ0v) is 15.9. The summed E-state index contributed by atoms with van der Waals surface area (Å²) in [5.41, 5.74) is 2.86. The molecular formula is C22H23N3O3. The summed E-state index contributed by atoms with van der Waals surface area (Å²) in [6.45, 7) is 4.54. The second-order valence-electron chi connectivity index (χ2n) is 7.76. The standard InChI is InChI=1S/C22H23N3O3/c1-16-5-2-3-6-17(16)11-21(26)24-9-8-22(14-24)15-25-18(19-7-4-10-27-19)12-23-20(25)13-28-22/h2-7,10,12H,8-9,11,13-15H2,1H3. The molecule has 1 amide bonds. The van der Waals surface area contributed by atoms with Crippen molar-refractivity contribution in [2.45, 2.75) is 38.5 Å². The van der Waals surface area contributed by atoms with E-state index in [1.54, 1.807) is 6.26 Å². The molecule has 2 aliphatic rings. The Bertz CT molecular complexity index is 1010. The maximum atomic E-state index is 12.9. The first-order chi connectivity index (χ1) is 13.6. The van der Waals surface area contributed by atoms with Gasteiger partial charge in [0.15, 0.2) is 5.76 Å². The van der Waals surface area contributed by atoms with Crippen molar-refractivity contribution in [2.24, 2.45) is 0 Å². The van der Waals surface area contributed by atoms with Crippen molar-refractivity contribution in [3.05, 3.63) is 65.8 Å². The molecule has 0 bridgehead atoms. The average Bonchev–Trinajstić information content (AvgIpc) is 3.43. The molecule has 6 nitrogen and oxygen atoms in total. The molecule has 144 valence electrons. The van der Waals surface area contributed by atoms with Gasteiger partial charge in [0.2, 0.25) is 5.91 Å². The number of likely N-dealkylation sites (tertiary alicyclic amines) is 1. The Kier molecular flexibility index (Phi) is 4.09. The molecule has 1 atom stereocenters. The average molecular weight is 377 g/mol. The van der Waals surface area contributed by atoms with Crippen molar-refractivity contribution >= 4 is 5.91 Å². The van der Waals surface area contributed by atoms with Crippen molar-refractivity contribution < 1.29 is 13.9 Å². The summed E-state index contributed by atoms with van der Waals surface area (Å²) in [6.07, 6.45) is 4.79. The minimum absolute atomic E-state index is 0.164. The van der Waals surface area contributed by atoms with Gasteiger partial charge in [0.1, 0.15) is 23.7 Å². The van der Waals surface area contributed by atoms with Crippen LogP contribution in [0.1, 0.15) is 23.4 Å². The van der Waals surface area contributed by atoms with Gasteiger partial charge in [-0.2, -0.15) is 0 Å². The van der Waals surface area contributed by atoms with E-state index in [0.717, 1.165) is 41.4 Å². The highest BCUT2D eigenvalue weighted by molar-refractivity contribution is 5.79. The van der Waals surface area contributed by atoms with Gasteiger partial charge in [-0.3, -0.25) is 4.79 Å². The molecule has 28 heavy (non-hydrogen) atoms. The number of hydrogen-bond acceptors (Lipinski definition) is 4. The molecule has 3 aromatic rings. The number of carbonyl (C=O) groups is 1. The van der Waals surface area contributed by atoms with Crippen molar-refractivity contribution in [2.75, 3.05) is 13.1 Å². The minimum Gasteiger partial charge on any atom is -0.463 e. The molecule has 5 rings (SSSR count). The van der Waals surface area contributed by atoms with E-state index in [4.69, 9.17) is 9.15 Å². The van der Waals surface area contributed by atoms with Gasteiger partial charge in [-0.15, -0.1) is 0 Å². The summed E-state index contributed by atoms with van der Waals surface area (Å²) in [4.78, 5) is 19.3. The number of aryl methyl sites for hydroxylation is 1. The van der Waals surface area contributed by atoms with E-state index in [1.807, 2.05) is 41.4 Å². The Hall–Kier alpha value is -2.86. The fraction of sp³-hybridized carbons (Fsp3) is 0.364. The second-order valence-corrected chi connectivity index (χ2v) is 7.76. The number of benzene rings is 1. The fourth-order valence-electron chi connectivity index (χ4n) is 4.27. The van der Waals surface area contributed by atoms with Gasteiger partial charge in [0.25, 0.3) is 0 Å². The van der Waals surface area contributed by atoms with E-state index >= 15 is 0 Å². The van der Waals surface area contributed by atoms with Crippen LogP contribution in [0.2, 0.25) is 0 Å². The Balaban J connectivity index is 1.33. The molecule has 0 N–H and O–H groups in total. The Morgan fingerprint density at radius 3 is 2.93 bits per heavy atom. The highest BCUT2D eigenvalue weighted by atomic mass is 16.5. The third-order valence-electron chi connectivity index (χ3n) is 5.94. The number of amides is 1. The summed E-state index contributed by atoms with van der Waals surface area (Å²) in [6, 6.07) is 11.9. The fourth-order valence-corrected chi connectivity index (χ4v) is 4.27. The van der Waals surface area contributed by atoms with Crippen LogP contribution < -0.4 is 0 Å². The van der Waals surface area contributed by atoms with Crippen LogP contribution in [0.5, 0.6) is 0 Å². The summed E-state index contributed by atoms with van der Waals surface area (Å²) < 4.78 is 14.0. The summed E-state index contributed by atoms with van der Waals surface area (Å²) >= 11 is 0. The van der Waals surface area contributed by atoms with Gasteiger partial charge in [-0.25, -0.2) is 4.98 Å². The number of rotatable bonds is 3. The molecule has 0 saturated carbocycles. The van der Waals surface area contributed by atoms with E-state index in [1.165, 1.54) is 0 Å². The number of furan rings is 1. The molecule has 2 aromatic heterocycles. The lowest BCUT2D eigenvalue weighted by atomic mass is 10.0. The van der Waals surface area contributed by atoms with Crippen molar-refractivity contribution in [1.29, 1.82) is 0 Å². The van der Waals surface area contributed by atoms with Crippen molar-refractivity contribution in [3.63, 3.8) is 0 Å². The van der Waals surface area contributed by atoms with Gasteiger partial charge in [-0.1, -0.05) is 24.3 Å². The van der Waals surface area contributed by atoms with Crippen LogP contribution in [0.3, 0.4) is 0 Å². The maximum Gasteiger partial charge on any atom is 0.227 e. The molecule has 1 fully saturated rings. The molecule has 6 heteroatoms. The molecule has 4 heterocycles. The second kappa shape index (κ2) is 6.63. The number of nitrogens with zero attached hydrogens (tertiary/aromatic N) is 3. The first-order valence-electron chi connectivity index (χ1n) is 9.68. The lowest BCUT2D eigenvalue weighted by Crippen LogP contribution is -2.45. The number of ether oxygens (including phenoxy) is 1. The summed E-state index contributed by atoms with van der Waals surface area (Å²) in [5, 5.41) is 0. The highest BCUT2D eigenvalue weighted by Crippen LogP contribution is 2.35. The van der Waals surface area contributed by atoms with Gasteiger partial charge in [0, 0.05) is 6.54 Å². The number of fused-ring (bicyclic) bond motifs is 1. The van der Waals surface area contributed by atoms with E-state index in [-0.39, 0.29) is 11.5 Å². The van der Waals surface area contributed by atoms with E-state index in [2.05, 4.69) is 22.5 Å². The zero-order chi connectivity index (χ0) is 19.1. The van der Waals surface area contributed by atoms with Crippen LogP contribution in [-0.2, 0) is 29.1 Å². The largest absolute Gasteiger partial charge is 0.463 e. The van der Waals surface area contributed by atoms with E-state index in [0.29, 0.717) is 26.1 Å². The SMILES string of the molecule is Cc1ccccc1CC(=O)N1CCC2(C1)Cn1c(-c3ccco3)cnc1CO2. The predicted molar refractivity (Wildman–Crippen MR) is 104 cm³/mol. The monoisotopic (exact) mass is 377 g/mol. The van der Waals surface area contributed by atoms with Crippen LogP contribution in [0.15, 0.2) is 53.3 Å². The Labute approximate surface area is 163 Å². The maximum absolute atomic E-state index is 12.9. The lowest BCUT2D eigenvalue weighted by Gasteiger charge is -2.35. The molecule has 1 aromatic carbocycles. The normalized spacial score (nSPS) is 21.2. The first-order valence-corrected chi connectivity index (χ1v) is 9.68. The zero-order valence-electron chi connectivity index (χ0n) is 15.9. The van der Waals surface area contributed by atoms with Crippen LogP contribution in [0.4, 0.5) is 0 Å². The molecule has 0 radical (unpaired) electrons. The van der Waals surface area contributed by atoms with Gasteiger partial charge in [-0.05, 0) is 36.6 Å². The molecular weight excluding hydrogens is 354 g/mol. The topological polar surface area (TPSA) is 60.5 Å². The van der Waals surface area contributed by atoms with E-state index < -0.39 is 0 Å². The summed E-state index contributed by atoms with van der Waals surface area (Å²) in [5.74, 6) is 1.88. The number of hydrogen-bond donors (Lipinski definition) is 0. The van der Waals surface area contributed by atoms with Crippen LogP contribution in [0, 0.1) is 6.92 Å².